The molecule has 2 aromatic carbocycles. The molecule has 1 heterocycles. The first-order chi connectivity index (χ1) is 13.8. The van der Waals surface area contributed by atoms with E-state index in [-0.39, 0.29) is 12.4 Å². The number of nitrogens with zero attached hydrogens (tertiary/aromatic N) is 2. The minimum atomic E-state index is 0. The molecule has 1 unspecified atom stereocenters. The van der Waals surface area contributed by atoms with Crippen LogP contribution < -0.4 is 4.74 Å². The summed E-state index contributed by atoms with van der Waals surface area (Å²) in [6.45, 7) is 4.69. The molecule has 1 atom stereocenters. The number of rotatable bonds is 6. The number of hydrogen-bond acceptors (Lipinski definition) is 3. The quantitative estimate of drug-likeness (QED) is 0.633. The van der Waals surface area contributed by atoms with Gasteiger partial charge in [0.2, 0.25) is 0 Å². The van der Waals surface area contributed by atoms with Gasteiger partial charge in [-0.05, 0) is 30.9 Å². The number of para-hydroxylation sites is 1. The lowest BCUT2D eigenvalue weighted by Crippen LogP contribution is -2.51. The number of piperazine rings is 1. The average Bonchev–Trinajstić information content (AvgIpc) is 2.79. The van der Waals surface area contributed by atoms with E-state index in [1.54, 1.807) is 7.11 Å². The zero-order valence-electron chi connectivity index (χ0n) is 17.6. The van der Waals surface area contributed by atoms with Gasteiger partial charge in [-0.2, -0.15) is 0 Å². The SMILES string of the molecule is COc1ccccc1C(Cc1ccccc1)N1CCN(C2CCCCC2)CC1.Cl. The summed E-state index contributed by atoms with van der Waals surface area (Å²) in [6, 6.07) is 20.7. The molecular formula is C25H35ClN2O. The molecule has 0 aromatic heterocycles. The second-order valence-electron chi connectivity index (χ2n) is 8.31. The highest BCUT2D eigenvalue weighted by atomic mass is 35.5. The van der Waals surface area contributed by atoms with Crippen molar-refractivity contribution in [2.75, 3.05) is 33.3 Å². The highest BCUT2D eigenvalue weighted by molar-refractivity contribution is 5.85. The first kappa shape index (κ1) is 22.1. The largest absolute Gasteiger partial charge is 0.496 e. The van der Waals surface area contributed by atoms with Crippen molar-refractivity contribution < 1.29 is 4.74 Å². The van der Waals surface area contributed by atoms with E-state index in [9.17, 15) is 0 Å². The third-order valence-corrected chi connectivity index (χ3v) is 6.65. The Kier molecular flexibility index (Phi) is 8.40. The number of methoxy groups -OCH3 is 1. The minimum Gasteiger partial charge on any atom is -0.496 e. The first-order valence-corrected chi connectivity index (χ1v) is 11.0. The molecule has 2 aromatic rings. The average molecular weight is 415 g/mol. The fraction of sp³-hybridized carbons (Fsp3) is 0.520. The van der Waals surface area contributed by atoms with Crippen molar-refractivity contribution in [3.8, 4) is 5.75 Å². The van der Waals surface area contributed by atoms with E-state index in [2.05, 4.69) is 64.4 Å². The molecule has 0 bridgehead atoms. The van der Waals surface area contributed by atoms with Gasteiger partial charge in [-0.1, -0.05) is 67.8 Å². The highest BCUT2D eigenvalue weighted by Gasteiger charge is 2.30. The Morgan fingerprint density at radius 1 is 0.862 bits per heavy atom. The lowest BCUT2D eigenvalue weighted by molar-refractivity contribution is 0.0553. The fourth-order valence-electron chi connectivity index (χ4n) is 5.08. The van der Waals surface area contributed by atoms with Gasteiger partial charge in [-0.15, -0.1) is 12.4 Å². The van der Waals surface area contributed by atoms with E-state index in [0.29, 0.717) is 6.04 Å². The Hall–Kier alpha value is -1.55. The van der Waals surface area contributed by atoms with Crippen molar-refractivity contribution in [1.29, 1.82) is 0 Å². The normalized spacial score (nSPS) is 20.0. The number of benzene rings is 2. The molecular weight excluding hydrogens is 380 g/mol. The third-order valence-electron chi connectivity index (χ3n) is 6.65. The molecule has 2 aliphatic rings. The van der Waals surface area contributed by atoms with Gasteiger partial charge in [0.05, 0.1) is 7.11 Å². The van der Waals surface area contributed by atoms with Crippen LogP contribution >= 0.6 is 12.4 Å². The maximum absolute atomic E-state index is 5.73. The summed E-state index contributed by atoms with van der Waals surface area (Å²) in [7, 11) is 1.79. The van der Waals surface area contributed by atoms with E-state index in [1.807, 2.05) is 0 Å². The standard InChI is InChI=1S/C25H34N2O.ClH/c1-28-25-15-9-8-14-23(25)24(20-21-10-4-2-5-11-21)27-18-16-26(17-19-27)22-12-6-3-7-13-22;/h2,4-5,8-11,14-15,22,24H,3,6-7,12-13,16-20H2,1H3;1H. The van der Waals surface area contributed by atoms with Crippen LogP contribution in [-0.4, -0.2) is 49.1 Å². The molecule has 4 rings (SSSR count). The molecule has 158 valence electrons. The van der Waals surface area contributed by atoms with Crippen LogP contribution in [0.1, 0.15) is 49.3 Å². The van der Waals surface area contributed by atoms with Crippen molar-refractivity contribution in [2.45, 2.75) is 50.6 Å². The molecule has 3 nitrogen and oxygen atoms in total. The molecule has 2 fully saturated rings. The van der Waals surface area contributed by atoms with Crippen LogP contribution in [0.25, 0.3) is 0 Å². The zero-order valence-corrected chi connectivity index (χ0v) is 18.4. The highest BCUT2D eigenvalue weighted by Crippen LogP contribution is 2.33. The van der Waals surface area contributed by atoms with Crippen LogP contribution in [0.2, 0.25) is 0 Å². The molecule has 0 spiro atoms. The summed E-state index contributed by atoms with van der Waals surface area (Å²) in [5.74, 6) is 1.01. The number of halogens is 1. The van der Waals surface area contributed by atoms with E-state index >= 15 is 0 Å². The van der Waals surface area contributed by atoms with Gasteiger partial charge >= 0.3 is 0 Å². The molecule has 0 amide bonds. The van der Waals surface area contributed by atoms with Crippen molar-refractivity contribution in [3.63, 3.8) is 0 Å². The molecule has 29 heavy (non-hydrogen) atoms. The molecule has 0 radical (unpaired) electrons. The maximum atomic E-state index is 5.73. The molecule has 1 saturated carbocycles. The van der Waals surface area contributed by atoms with Crippen LogP contribution in [-0.2, 0) is 6.42 Å². The van der Waals surface area contributed by atoms with Gasteiger partial charge in [0.25, 0.3) is 0 Å². The van der Waals surface area contributed by atoms with Crippen LogP contribution in [0.5, 0.6) is 5.75 Å². The maximum Gasteiger partial charge on any atom is 0.123 e. The van der Waals surface area contributed by atoms with Crippen molar-refractivity contribution >= 4 is 12.4 Å². The van der Waals surface area contributed by atoms with E-state index in [4.69, 9.17) is 4.74 Å². The van der Waals surface area contributed by atoms with Crippen molar-refractivity contribution in [2.24, 2.45) is 0 Å². The molecule has 1 aliphatic heterocycles. The predicted octanol–water partition coefficient (Wildman–Crippen LogP) is 5.35. The fourth-order valence-corrected chi connectivity index (χ4v) is 5.08. The summed E-state index contributed by atoms with van der Waals surface area (Å²) in [6.07, 6.45) is 8.11. The third kappa shape index (κ3) is 5.53. The van der Waals surface area contributed by atoms with Crippen LogP contribution in [0.3, 0.4) is 0 Å². The van der Waals surface area contributed by atoms with Crippen LogP contribution in [0, 0.1) is 0 Å². The lowest BCUT2D eigenvalue weighted by atomic mass is 9.93. The van der Waals surface area contributed by atoms with Gasteiger partial charge in [0, 0.05) is 43.8 Å². The second-order valence-corrected chi connectivity index (χ2v) is 8.31. The molecule has 1 aliphatic carbocycles. The smallest absolute Gasteiger partial charge is 0.123 e. The van der Waals surface area contributed by atoms with Gasteiger partial charge in [-0.25, -0.2) is 0 Å². The van der Waals surface area contributed by atoms with Crippen molar-refractivity contribution in [3.05, 3.63) is 65.7 Å². The number of hydrogen-bond donors (Lipinski definition) is 0. The second kappa shape index (κ2) is 11.0. The summed E-state index contributed by atoms with van der Waals surface area (Å²) >= 11 is 0. The summed E-state index contributed by atoms with van der Waals surface area (Å²) < 4.78 is 5.73. The van der Waals surface area contributed by atoms with E-state index in [1.165, 1.54) is 56.3 Å². The van der Waals surface area contributed by atoms with Gasteiger partial charge in [0.15, 0.2) is 0 Å². The minimum absolute atomic E-state index is 0. The Bertz CT molecular complexity index is 725. The Balaban J connectivity index is 0.00000240. The number of ether oxygens (including phenoxy) is 1. The van der Waals surface area contributed by atoms with Gasteiger partial charge in [-0.3, -0.25) is 9.80 Å². The summed E-state index contributed by atoms with van der Waals surface area (Å²) in [4.78, 5) is 5.45. The Labute approximate surface area is 182 Å². The van der Waals surface area contributed by atoms with Crippen molar-refractivity contribution in [1.82, 2.24) is 9.80 Å². The van der Waals surface area contributed by atoms with Gasteiger partial charge < -0.3 is 4.74 Å². The zero-order chi connectivity index (χ0) is 19.2. The predicted molar refractivity (Wildman–Crippen MR) is 123 cm³/mol. The molecule has 1 saturated heterocycles. The van der Waals surface area contributed by atoms with Crippen LogP contribution in [0.4, 0.5) is 0 Å². The Morgan fingerprint density at radius 3 is 2.21 bits per heavy atom. The lowest BCUT2D eigenvalue weighted by Gasteiger charge is -2.43. The monoisotopic (exact) mass is 414 g/mol. The molecule has 0 N–H and O–H groups in total. The van der Waals surface area contributed by atoms with E-state index < -0.39 is 0 Å². The Morgan fingerprint density at radius 2 is 1.52 bits per heavy atom. The first-order valence-electron chi connectivity index (χ1n) is 11.0. The van der Waals surface area contributed by atoms with Gasteiger partial charge in [0.1, 0.15) is 5.75 Å². The van der Waals surface area contributed by atoms with Crippen LogP contribution in [0.15, 0.2) is 54.6 Å². The van der Waals surface area contributed by atoms with E-state index in [0.717, 1.165) is 31.3 Å². The molecule has 4 heteroatoms. The summed E-state index contributed by atoms with van der Waals surface area (Å²) in [5, 5.41) is 0. The topological polar surface area (TPSA) is 15.7 Å². The summed E-state index contributed by atoms with van der Waals surface area (Å²) in [5.41, 5.74) is 2.72.